The minimum Gasteiger partial charge on any atom is -0.376 e. The maximum Gasteiger partial charge on any atom is 0.0871 e. The highest BCUT2D eigenvalue weighted by molar-refractivity contribution is 9.10. The first-order chi connectivity index (χ1) is 7.19. The third kappa shape index (κ3) is 2.00. The Kier molecular flexibility index (Phi) is 3.50. The van der Waals surface area contributed by atoms with E-state index < -0.39 is 0 Å². The summed E-state index contributed by atoms with van der Waals surface area (Å²) < 4.78 is 6.81. The molecule has 1 aromatic heterocycles. The number of thiophene rings is 1. The van der Waals surface area contributed by atoms with Crippen LogP contribution < -0.4 is 5.73 Å². The van der Waals surface area contributed by atoms with E-state index in [1.54, 1.807) is 18.4 Å². The molecule has 1 aromatic rings. The highest BCUT2D eigenvalue weighted by Gasteiger charge is 2.41. The fourth-order valence-corrected chi connectivity index (χ4v) is 3.99. The van der Waals surface area contributed by atoms with E-state index in [-0.39, 0.29) is 11.6 Å². The molecule has 0 aromatic carbocycles. The molecule has 0 amide bonds. The second kappa shape index (κ2) is 4.53. The van der Waals surface area contributed by atoms with Gasteiger partial charge in [0.15, 0.2) is 0 Å². The molecule has 2 rings (SSSR count). The topological polar surface area (TPSA) is 35.2 Å². The third-order valence-corrected chi connectivity index (χ3v) is 5.15. The first-order valence-corrected chi connectivity index (χ1v) is 6.95. The van der Waals surface area contributed by atoms with Gasteiger partial charge in [0.05, 0.1) is 11.6 Å². The maximum atomic E-state index is 6.34. The van der Waals surface area contributed by atoms with Crippen LogP contribution in [0.15, 0.2) is 15.2 Å². The summed E-state index contributed by atoms with van der Waals surface area (Å²) >= 11 is 5.22. The van der Waals surface area contributed by atoms with Crippen molar-refractivity contribution in [3.63, 3.8) is 0 Å². The van der Waals surface area contributed by atoms with Gasteiger partial charge in [0, 0.05) is 17.0 Å². The van der Waals surface area contributed by atoms with Gasteiger partial charge < -0.3 is 10.5 Å². The summed E-state index contributed by atoms with van der Waals surface area (Å²) in [6.45, 7) is 0. The minimum atomic E-state index is -0.135. The Morgan fingerprint density at radius 1 is 1.47 bits per heavy atom. The second-order valence-electron chi connectivity index (χ2n) is 4.13. The van der Waals surface area contributed by atoms with Crippen LogP contribution in [0.4, 0.5) is 0 Å². The Bertz CT molecular complexity index is 333. The molecule has 1 unspecified atom stereocenters. The smallest absolute Gasteiger partial charge is 0.0871 e. The quantitative estimate of drug-likeness (QED) is 0.925. The molecule has 0 saturated heterocycles. The van der Waals surface area contributed by atoms with E-state index in [4.69, 9.17) is 10.5 Å². The second-order valence-corrected chi connectivity index (χ2v) is 5.73. The zero-order chi connectivity index (χ0) is 10.9. The van der Waals surface area contributed by atoms with Gasteiger partial charge in [-0.3, -0.25) is 0 Å². The standard InChI is InChI=1S/C11H16BrNOS/c1-14-11(4-2-3-5-11)10(13)8-6-15-7-9(8)12/h6-7,10H,2-5,13H2,1H3. The Labute approximate surface area is 103 Å². The average Bonchev–Trinajstić information content (AvgIpc) is 2.86. The van der Waals surface area contributed by atoms with E-state index in [0.717, 1.165) is 17.3 Å². The lowest BCUT2D eigenvalue weighted by Gasteiger charge is -2.33. The molecule has 1 heterocycles. The van der Waals surface area contributed by atoms with Crippen LogP contribution in [-0.2, 0) is 4.74 Å². The molecule has 1 fully saturated rings. The van der Waals surface area contributed by atoms with Crippen LogP contribution in [0.5, 0.6) is 0 Å². The largest absolute Gasteiger partial charge is 0.376 e. The number of rotatable bonds is 3. The van der Waals surface area contributed by atoms with Gasteiger partial charge >= 0.3 is 0 Å². The monoisotopic (exact) mass is 289 g/mol. The van der Waals surface area contributed by atoms with Crippen molar-refractivity contribution < 1.29 is 4.74 Å². The maximum absolute atomic E-state index is 6.34. The van der Waals surface area contributed by atoms with Crippen molar-refractivity contribution in [1.29, 1.82) is 0 Å². The highest BCUT2D eigenvalue weighted by Crippen LogP contribution is 2.43. The lowest BCUT2D eigenvalue weighted by Crippen LogP contribution is -2.40. The van der Waals surface area contributed by atoms with Gasteiger partial charge in [-0.25, -0.2) is 0 Å². The fraction of sp³-hybridized carbons (Fsp3) is 0.636. The molecule has 1 aliphatic rings. The molecular formula is C11H16BrNOS. The first-order valence-electron chi connectivity index (χ1n) is 5.22. The Morgan fingerprint density at radius 2 is 2.13 bits per heavy atom. The van der Waals surface area contributed by atoms with E-state index in [9.17, 15) is 0 Å². The van der Waals surface area contributed by atoms with E-state index >= 15 is 0 Å². The van der Waals surface area contributed by atoms with Crippen molar-refractivity contribution in [3.8, 4) is 0 Å². The Hall–Kier alpha value is 0.100. The fourth-order valence-electron chi connectivity index (χ4n) is 2.41. The molecule has 1 atom stereocenters. The number of hydrogen-bond acceptors (Lipinski definition) is 3. The summed E-state index contributed by atoms with van der Waals surface area (Å²) in [5.74, 6) is 0. The summed E-state index contributed by atoms with van der Waals surface area (Å²) in [6, 6.07) is -0.00868. The van der Waals surface area contributed by atoms with E-state index in [2.05, 4.69) is 26.7 Å². The number of hydrogen-bond donors (Lipinski definition) is 1. The van der Waals surface area contributed by atoms with Crippen molar-refractivity contribution in [2.75, 3.05) is 7.11 Å². The van der Waals surface area contributed by atoms with Crippen molar-refractivity contribution in [2.45, 2.75) is 37.3 Å². The van der Waals surface area contributed by atoms with Crippen molar-refractivity contribution in [2.24, 2.45) is 5.73 Å². The molecule has 0 radical (unpaired) electrons. The lowest BCUT2D eigenvalue weighted by atomic mass is 9.89. The van der Waals surface area contributed by atoms with Gasteiger partial charge in [-0.05, 0) is 39.7 Å². The minimum absolute atomic E-state index is 0.00868. The molecule has 0 aliphatic heterocycles. The van der Waals surface area contributed by atoms with Crippen molar-refractivity contribution >= 4 is 27.3 Å². The van der Waals surface area contributed by atoms with Crippen molar-refractivity contribution in [1.82, 2.24) is 0 Å². The van der Waals surface area contributed by atoms with Gasteiger partial charge in [0.1, 0.15) is 0 Å². The van der Waals surface area contributed by atoms with Crippen molar-refractivity contribution in [3.05, 3.63) is 20.8 Å². The first kappa shape index (κ1) is 11.6. The van der Waals surface area contributed by atoms with Gasteiger partial charge in [0.2, 0.25) is 0 Å². The number of methoxy groups -OCH3 is 1. The summed E-state index contributed by atoms with van der Waals surface area (Å²) in [6.07, 6.45) is 4.60. The van der Waals surface area contributed by atoms with Crippen LogP contribution in [-0.4, -0.2) is 12.7 Å². The SMILES string of the molecule is COC1(C(N)c2cscc2Br)CCCC1. The average molecular weight is 290 g/mol. The molecule has 2 N–H and O–H groups in total. The molecule has 4 heteroatoms. The van der Waals surface area contributed by atoms with Crippen LogP contribution in [0.3, 0.4) is 0 Å². The Morgan fingerprint density at radius 3 is 2.60 bits per heavy atom. The van der Waals surface area contributed by atoms with Crippen LogP contribution in [0, 0.1) is 0 Å². The van der Waals surface area contributed by atoms with E-state index in [1.165, 1.54) is 18.4 Å². The van der Waals surface area contributed by atoms with Gasteiger partial charge in [-0.1, -0.05) is 12.8 Å². The molecule has 15 heavy (non-hydrogen) atoms. The number of halogens is 1. The van der Waals surface area contributed by atoms with Crippen LogP contribution in [0.1, 0.15) is 37.3 Å². The third-order valence-electron chi connectivity index (χ3n) is 3.40. The lowest BCUT2D eigenvalue weighted by molar-refractivity contribution is -0.0264. The normalized spacial score (nSPS) is 21.8. The zero-order valence-corrected chi connectivity index (χ0v) is 11.2. The number of nitrogens with two attached hydrogens (primary N) is 1. The predicted octanol–water partition coefficient (Wildman–Crippen LogP) is 3.47. The van der Waals surface area contributed by atoms with Crippen LogP contribution in [0.25, 0.3) is 0 Å². The summed E-state index contributed by atoms with van der Waals surface area (Å²) in [4.78, 5) is 0. The van der Waals surface area contributed by atoms with Crippen LogP contribution >= 0.6 is 27.3 Å². The van der Waals surface area contributed by atoms with Gasteiger partial charge in [0.25, 0.3) is 0 Å². The summed E-state index contributed by atoms with van der Waals surface area (Å²) in [7, 11) is 1.78. The molecule has 0 spiro atoms. The molecule has 0 bridgehead atoms. The molecular weight excluding hydrogens is 274 g/mol. The molecule has 1 saturated carbocycles. The zero-order valence-electron chi connectivity index (χ0n) is 8.83. The van der Waals surface area contributed by atoms with Crippen LogP contribution in [0.2, 0.25) is 0 Å². The summed E-state index contributed by atoms with van der Waals surface area (Å²) in [5.41, 5.74) is 7.39. The molecule has 84 valence electrons. The van der Waals surface area contributed by atoms with Gasteiger partial charge in [-0.15, -0.1) is 0 Å². The molecule has 1 aliphatic carbocycles. The highest BCUT2D eigenvalue weighted by atomic mass is 79.9. The number of ether oxygens (including phenoxy) is 1. The van der Waals surface area contributed by atoms with Gasteiger partial charge in [-0.2, -0.15) is 11.3 Å². The van der Waals surface area contributed by atoms with E-state index in [0.29, 0.717) is 0 Å². The molecule has 2 nitrogen and oxygen atoms in total. The summed E-state index contributed by atoms with van der Waals surface area (Å²) in [5, 5.41) is 4.20. The predicted molar refractivity (Wildman–Crippen MR) is 67.2 cm³/mol. The van der Waals surface area contributed by atoms with E-state index in [1.807, 2.05) is 0 Å². The Balaban J connectivity index is 2.26.